The normalized spacial score (nSPS) is 16.1. The first-order chi connectivity index (χ1) is 8.24. The van der Waals surface area contributed by atoms with E-state index in [1.807, 2.05) is 24.4 Å². The van der Waals surface area contributed by atoms with Crippen LogP contribution in [-0.4, -0.2) is 10.8 Å². The van der Waals surface area contributed by atoms with Crippen LogP contribution in [0.5, 0.6) is 0 Å². The molecule has 2 nitrogen and oxygen atoms in total. The van der Waals surface area contributed by atoms with Crippen LogP contribution in [-0.2, 0) is 0 Å². The van der Waals surface area contributed by atoms with Crippen LogP contribution in [0.3, 0.4) is 0 Å². The molecule has 1 fully saturated rings. The second kappa shape index (κ2) is 4.30. The predicted octanol–water partition coefficient (Wildman–Crippen LogP) is 4.30. The number of carbonyl (C=O) groups excluding carboxylic acids is 1. The molecular weight excluding hydrogens is 278 g/mol. The fourth-order valence-corrected chi connectivity index (χ4v) is 2.75. The Morgan fingerprint density at radius 3 is 2.94 bits per heavy atom. The van der Waals surface area contributed by atoms with Gasteiger partial charge in [-0.05, 0) is 24.1 Å². The van der Waals surface area contributed by atoms with E-state index in [0.29, 0.717) is 12.3 Å². The van der Waals surface area contributed by atoms with Crippen molar-refractivity contribution in [2.24, 2.45) is 5.92 Å². The fraction of sp³-hybridized carbons (Fsp3) is 0.357. The molecule has 1 aromatic carbocycles. The van der Waals surface area contributed by atoms with Crippen LogP contribution < -0.4 is 0 Å². The summed E-state index contributed by atoms with van der Waals surface area (Å²) >= 11 is 3.45. The molecule has 1 heterocycles. The van der Waals surface area contributed by atoms with Gasteiger partial charge in [0.1, 0.15) is 0 Å². The van der Waals surface area contributed by atoms with Crippen molar-refractivity contribution >= 4 is 32.6 Å². The van der Waals surface area contributed by atoms with Gasteiger partial charge in [0.15, 0.2) is 5.78 Å². The number of rotatable bonds is 3. The van der Waals surface area contributed by atoms with Gasteiger partial charge in [0.05, 0.1) is 0 Å². The summed E-state index contributed by atoms with van der Waals surface area (Å²) in [6.07, 6.45) is 6.28. The number of aromatic nitrogens is 1. The number of benzene rings is 1. The van der Waals surface area contributed by atoms with Gasteiger partial charge in [-0.3, -0.25) is 4.79 Å². The summed E-state index contributed by atoms with van der Waals surface area (Å²) < 4.78 is 1.02. The topological polar surface area (TPSA) is 32.9 Å². The molecular formula is C14H14BrNO. The number of carbonyl (C=O) groups is 1. The fourth-order valence-electron chi connectivity index (χ4n) is 2.39. The van der Waals surface area contributed by atoms with Gasteiger partial charge >= 0.3 is 0 Å². The number of halogens is 1. The Balaban J connectivity index is 1.93. The van der Waals surface area contributed by atoms with Crippen LogP contribution in [0, 0.1) is 5.92 Å². The van der Waals surface area contributed by atoms with E-state index in [4.69, 9.17) is 0 Å². The Hall–Kier alpha value is -1.09. The highest BCUT2D eigenvalue weighted by Crippen LogP contribution is 2.32. The molecule has 17 heavy (non-hydrogen) atoms. The van der Waals surface area contributed by atoms with Gasteiger partial charge in [-0.2, -0.15) is 0 Å². The minimum absolute atomic E-state index is 0.277. The third-order valence-electron chi connectivity index (χ3n) is 3.64. The first-order valence-corrected chi connectivity index (χ1v) is 6.83. The van der Waals surface area contributed by atoms with Crippen molar-refractivity contribution < 1.29 is 4.79 Å². The lowest BCUT2D eigenvalue weighted by Gasteiger charge is -2.24. The molecule has 88 valence electrons. The van der Waals surface area contributed by atoms with Crippen LogP contribution >= 0.6 is 15.9 Å². The number of H-pyrrole nitrogens is 1. The second-order valence-electron chi connectivity index (χ2n) is 4.82. The molecule has 0 aliphatic heterocycles. The number of ketones is 1. The summed E-state index contributed by atoms with van der Waals surface area (Å²) in [7, 11) is 0. The van der Waals surface area contributed by atoms with Gasteiger partial charge < -0.3 is 4.98 Å². The van der Waals surface area contributed by atoms with Crippen molar-refractivity contribution in [1.29, 1.82) is 0 Å². The van der Waals surface area contributed by atoms with Crippen molar-refractivity contribution in [2.45, 2.75) is 25.7 Å². The zero-order chi connectivity index (χ0) is 11.8. The number of hydrogen-bond acceptors (Lipinski definition) is 1. The van der Waals surface area contributed by atoms with Gasteiger partial charge in [-0.1, -0.05) is 35.2 Å². The molecule has 2 aromatic rings. The summed E-state index contributed by atoms with van der Waals surface area (Å²) in [5.74, 6) is 0.902. The predicted molar refractivity (Wildman–Crippen MR) is 72.3 cm³/mol. The third-order valence-corrected chi connectivity index (χ3v) is 4.14. The molecule has 0 radical (unpaired) electrons. The third kappa shape index (κ3) is 2.04. The van der Waals surface area contributed by atoms with Crippen LogP contribution in [0.15, 0.2) is 28.9 Å². The summed E-state index contributed by atoms with van der Waals surface area (Å²) in [5, 5.41) is 1.03. The lowest BCUT2D eigenvalue weighted by Crippen LogP contribution is -2.15. The zero-order valence-corrected chi connectivity index (χ0v) is 11.1. The highest BCUT2D eigenvalue weighted by atomic mass is 79.9. The van der Waals surface area contributed by atoms with E-state index in [1.165, 1.54) is 19.3 Å². The van der Waals surface area contributed by atoms with E-state index in [-0.39, 0.29) is 5.78 Å². The summed E-state index contributed by atoms with van der Waals surface area (Å²) in [4.78, 5) is 15.4. The van der Waals surface area contributed by atoms with E-state index in [9.17, 15) is 4.79 Å². The summed E-state index contributed by atoms with van der Waals surface area (Å²) in [5.41, 5.74) is 1.87. The van der Waals surface area contributed by atoms with E-state index in [1.54, 1.807) is 0 Å². The molecule has 3 rings (SSSR count). The zero-order valence-electron chi connectivity index (χ0n) is 9.50. The molecule has 1 aliphatic carbocycles. The Kier molecular flexibility index (Phi) is 2.79. The molecule has 1 N–H and O–H groups in total. The molecule has 3 heteroatoms. The quantitative estimate of drug-likeness (QED) is 0.840. The van der Waals surface area contributed by atoms with Crippen LogP contribution in [0.25, 0.3) is 10.9 Å². The Labute approximate surface area is 109 Å². The number of aromatic amines is 1. The summed E-state index contributed by atoms with van der Waals surface area (Å²) in [6.45, 7) is 0. The Morgan fingerprint density at radius 1 is 1.41 bits per heavy atom. The number of fused-ring (bicyclic) bond motifs is 1. The average molecular weight is 292 g/mol. The Morgan fingerprint density at radius 2 is 2.24 bits per heavy atom. The van der Waals surface area contributed by atoms with Crippen molar-refractivity contribution in [3.63, 3.8) is 0 Å². The van der Waals surface area contributed by atoms with E-state index < -0.39 is 0 Å². The maximum Gasteiger partial charge on any atom is 0.165 e. The number of hydrogen-bond donors (Lipinski definition) is 1. The van der Waals surface area contributed by atoms with E-state index in [2.05, 4.69) is 20.9 Å². The monoisotopic (exact) mass is 291 g/mol. The highest BCUT2D eigenvalue weighted by molar-refractivity contribution is 9.10. The van der Waals surface area contributed by atoms with Crippen LogP contribution in [0.4, 0.5) is 0 Å². The van der Waals surface area contributed by atoms with Crippen LogP contribution in [0.2, 0.25) is 0 Å². The lowest BCUT2D eigenvalue weighted by atomic mass is 9.81. The van der Waals surface area contributed by atoms with Gasteiger partial charge in [0, 0.05) is 33.6 Å². The molecule has 1 aliphatic rings. The molecule has 0 spiro atoms. The first-order valence-electron chi connectivity index (χ1n) is 6.04. The maximum absolute atomic E-state index is 12.2. The molecule has 0 saturated heterocycles. The molecule has 0 bridgehead atoms. The summed E-state index contributed by atoms with van der Waals surface area (Å²) in [6, 6.07) is 6.00. The smallest absolute Gasteiger partial charge is 0.165 e. The highest BCUT2D eigenvalue weighted by Gasteiger charge is 2.22. The lowest BCUT2D eigenvalue weighted by molar-refractivity contribution is 0.0938. The van der Waals surface area contributed by atoms with Crippen LogP contribution in [0.1, 0.15) is 36.0 Å². The largest absolute Gasteiger partial charge is 0.360 e. The van der Waals surface area contributed by atoms with Crippen molar-refractivity contribution in [3.8, 4) is 0 Å². The molecule has 1 saturated carbocycles. The van der Waals surface area contributed by atoms with Gasteiger partial charge in [-0.25, -0.2) is 0 Å². The Bertz CT molecular complexity index is 569. The molecule has 0 unspecified atom stereocenters. The minimum atomic E-state index is 0.277. The van der Waals surface area contributed by atoms with Gasteiger partial charge in [0.25, 0.3) is 0 Å². The van der Waals surface area contributed by atoms with Crippen molar-refractivity contribution in [3.05, 3.63) is 34.4 Å². The van der Waals surface area contributed by atoms with E-state index in [0.717, 1.165) is 20.9 Å². The average Bonchev–Trinajstić information content (AvgIpc) is 2.66. The second-order valence-corrected chi connectivity index (χ2v) is 5.73. The molecule has 0 amide bonds. The van der Waals surface area contributed by atoms with Crippen molar-refractivity contribution in [1.82, 2.24) is 4.98 Å². The maximum atomic E-state index is 12.2. The molecule has 0 atom stereocenters. The number of Topliss-reactive ketones (excluding diaryl/α,β-unsaturated/α-hetero) is 1. The van der Waals surface area contributed by atoms with Gasteiger partial charge in [0.2, 0.25) is 0 Å². The van der Waals surface area contributed by atoms with Gasteiger partial charge in [-0.15, -0.1) is 0 Å². The number of nitrogens with one attached hydrogen (secondary N) is 1. The standard InChI is InChI=1S/C14H14BrNO/c15-10-4-5-13-11(7-10)12(8-16-13)14(17)6-9-2-1-3-9/h4-5,7-9,16H,1-3,6H2. The van der Waals surface area contributed by atoms with Crippen molar-refractivity contribution in [2.75, 3.05) is 0 Å². The SMILES string of the molecule is O=C(CC1CCC1)c1c[nH]c2ccc(Br)cc12. The minimum Gasteiger partial charge on any atom is -0.360 e. The first kappa shape index (κ1) is 11.0. The molecule has 1 aromatic heterocycles. The van der Waals surface area contributed by atoms with E-state index >= 15 is 0 Å².